The van der Waals surface area contributed by atoms with Gasteiger partial charge in [-0.15, -0.1) is 0 Å². The lowest BCUT2D eigenvalue weighted by molar-refractivity contribution is -0.384. The maximum Gasteiger partial charge on any atom is 0.293 e. The van der Waals surface area contributed by atoms with Gasteiger partial charge in [-0.25, -0.2) is 4.39 Å². The fourth-order valence-electron chi connectivity index (χ4n) is 2.59. The van der Waals surface area contributed by atoms with Crippen molar-refractivity contribution >= 4 is 17.3 Å². The molecule has 2 atom stereocenters. The molecule has 1 aliphatic rings. The predicted octanol–water partition coefficient (Wildman–Crippen LogP) is 1.61. The molecule has 2 rings (SSSR count). The zero-order chi connectivity index (χ0) is 15.6. The normalized spacial score (nSPS) is 21.2. The quantitative estimate of drug-likeness (QED) is 0.499. The van der Waals surface area contributed by atoms with Gasteiger partial charge in [0.1, 0.15) is 17.1 Å². The molecule has 0 radical (unpaired) electrons. The SMILES string of the molecule is COC1CCCC1NC(=O)c1c(F)ccc([N+](=O)[O-])c1N. The van der Waals surface area contributed by atoms with Gasteiger partial charge in [0.25, 0.3) is 11.6 Å². The van der Waals surface area contributed by atoms with Crippen LogP contribution in [0.1, 0.15) is 29.6 Å². The molecule has 1 amide bonds. The minimum atomic E-state index is -0.887. The van der Waals surface area contributed by atoms with E-state index in [0.717, 1.165) is 25.0 Å². The number of carbonyl (C=O) groups is 1. The van der Waals surface area contributed by atoms with E-state index in [1.54, 1.807) is 0 Å². The number of ether oxygens (including phenoxy) is 1. The summed E-state index contributed by atoms with van der Waals surface area (Å²) in [4.78, 5) is 22.2. The smallest absolute Gasteiger partial charge is 0.293 e. The summed E-state index contributed by atoms with van der Waals surface area (Å²) in [5.74, 6) is -1.65. The van der Waals surface area contributed by atoms with Crippen molar-refractivity contribution in [3.8, 4) is 0 Å². The number of hydrogen-bond acceptors (Lipinski definition) is 5. The molecule has 1 aliphatic carbocycles. The van der Waals surface area contributed by atoms with Crippen LogP contribution in [0.25, 0.3) is 0 Å². The molecule has 21 heavy (non-hydrogen) atoms. The number of hydrogen-bond donors (Lipinski definition) is 2. The fraction of sp³-hybridized carbons (Fsp3) is 0.462. The van der Waals surface area contributed by atoms with Crippen molar-refractivity contribution in [1.29, 1.82) is 0 Å². The molecule has 0 bridgehead atoms. The van der Waals surface area contributed by atoms with Crippen LogP contribution in [-0.4, -0.2) is 30.1 Å². The van der Waals surface area contributed by atoms with Crippen LogP contribution < -0.4 is 11.1 Å². The van der Waals surface area contributed by atoms with Gasteiger partial charge in [0, 0.05) is 13.2 Å². The molecule has 114 valence electrons. The van der Waals surface area contributed by atoms with Crippen molar-refractivity contribution in [2.24, 2.45) is 0 Å². The lowest BCUT2D eigenvalue weighted by Crippen LogP contribution is -2.41. The number of methoxy groups -OCH3 is 1. The van der Waals surface area contributed by atoms with Crippen LogP contribution in [0, 0.1) is 15.9 Å². The van der Waals surface area contributed by atoms with E-state index in [1.807, 2.05) is 0 Å². The number of anilines is 1. The van der Waals surface area contributed by atoms with E-state index < -0.39 is 33.6 Å². The summed E-state index contributed by atoms with van der Waals surface area (Å²) in [6, 6.07) is 1.56. The number of benzene rings is 1. The summed E-state index contributed by atoms with van der Waals surface area (Å²) in [7, 11) is 1.54. The van der Waals surface area contributed by atoms with E-state index in [-0.39, 0.29) is 12.1 Å². The van der Waals surface area contributed by atoms with Gasteiger partial charge in [0.2, 0.25) is 0 Å². The highest BCUT2D eigenvalue weighted by Crippen LogP contribution is 2.28. The molecule has 0 saturated heterocycles. The number of amides is 1. The largest absolute Gasteiger partial charge is 0.392 e. The van der Waals surface area contributed by atoms with Gasteiger partial charge in [0.15, 0.2) is 0 Å². The Morgan fingerprint density at radius 3 is 2.86 bits per heavy atom. The average Bonchev–Trinajstić information content (AvgIpc) is 2.85. The van der Waals surface area contributed by atoms with Gasteiger partial charge < -0.3 is 15.8 Å². The molecule has 0 heterocycles. The minimum absolute atomic E-state index is 0.142. The first-order valence-electron chi connectivity index (χ1n) is 6.51. The third-order valence-electron chi connectivity index (χ3n) is 3.67. The maximum atomic E-state index is 13.8. The first-order valence-corrected chi connectivity index (χ1v) is 6.51. The Labute approximate surface area is 120 Å². The standard InChI is InChI=1S/C13H16FN3O4/c1-21-10-4-2-3-8(10)16-13(18)11-7(14)5-6-9(12(11)15)17(19)20/h5-6,8,10H,2-4,15H2,1H3,(H,16,18). The lowest BCUT2D eigenvalue weighted by Gasteiger charge is -2.20. The van der Waals surface area contributed by atoms with Gasteiger partial charge in [0.05, 0.1) is 17.1 Å². The number of nitrogens with two attached hydrogens (primary N) is 1. The molecular weight excluding hydrogens is 281 g/mol. The number of nitrogen functional groups attached to an aromatic ring is 1. The molecule has 1 saturated carbocycles. The Kier molecular flexibility index (Phi) is 4.37. The Morgan fingerprint density at radius 2 is 2.24 bits per heavy atom. The number of nitro groups is 1. The van der Waals surface area contributed by atoms with E-state index in [1.165, 1.54) is 7.11 Å². The van der Waals surface area contributed by atoms with Gasteiger partial charge in [-0.3, -0.25) is 14.9 Å². The number of nitro benzene ring substituents is 1. The molecule has 3 N–H and O–H groups in total. The average molecular weight is 297 g/mol. The number of nitrogens with one attached hydrogen (secondary N) is 1. The zero-order valence-electron chi connectivity index (χ0n) is 11.5. The number of carbonyl (C=O) groups excluding carboxylic acids is 1. The molecule has 0 spiro atoms. The van der Waals surface area contributed by atoms with Crippen molar-refractivity contribution < 1.29 is 18.8 Å². The molecule has 1 aromatic carbocycles. The van der Waals surface area contributed by atoms with Crippen LogP contribution in [0.15, 0.2) is 12.1 Å². The molecule has 8 heteroatoms. The van der Waals surface area contributed by atoms with Crippen molar-refractivity contribution in [3.63, 3.8) is 0 Å². The molecule has 1 fully saturated rings. The van der Waals surface area contributed by atoms with Gasteiger partial charge in [-0.2, -0.15) is 0 Å². The van der Waals surface area contributed by atoms with E-state index in [2.05, 4.69) is 5.32 Å². The predicted molar refractivity (Wildman–Crippen MR) is 73.4 cm³/mol. The summed E-state index contributed by atoms with van der Waals surface area (Å²) in [5, 5.41) is 13.4. The van der Waals surface area contributed by atoms with E-state index >= 15 is 0 Å². The second kappa shape index (κ2) is 6.04. The highest BCUT2D eigenvalue weighted by Gasteiger charge is 2.31. The Morgan fingerprint density at radius 1 is 1.52 bits per heavy atom. The summed E-state index contributed by atoms with van der Waals surface area (Å²) in [6.45, 7) is 0. The number of halogens is 1. The minimum Gasteiger partial charge on any atom is -0.392 e. The van der Waals surface area contributed by atoms with Gasteiger partial charge in [-0.1, -0.05) is 0 Å². The maximum absolute atomic E-state index is 13.8. The zero-order valence-corrected chi connectivity index (χ0v) is 11.5. The van der Waals surface area contributed by atoms with Crippen LogP contribution in [0.4, 0.5) is 15.8 Å². The van der Waals surface area contributed by atoms with Crippen LogP contribution in [0.2, 0.25) is 0 Å². The first kappa shape index (κ1) is 15.2. The second-order valence-electron chi connectivity index (χ2n) is 4.90. The second-order valence-corrected chi connectivity index (χ2v) is 4.90. The molecule has 1 aromatic rings. The molecule has 0 aromatic heterocycles. The Hall–Kier alpha value is -2.22. The summed E-state index contributed by atoms with van der Waals surface area (Å²) >= 11 is 0. The van der Waals surface area contributed by atoms with E-state index in [4.69, 9.17) is 10.5 Å². The number of nitrogens with zero attached hydrogens (tertiary/aromatic N) is 1. The summed E-state index contributed by atoms with van der Waals surface area (Å²) in [6.07, 6.45) is 2.25. The third kappa shape index (κ3) is 2.94. The van der Waals surface area contributed by atoms with Crippen LogP contribution in [-0.2, 0) is 4.74 Å². The summed E-state index contributed by atoms with van der Waals surface area (Å²) in [5.41, 5.74) is 4.10. The van der Waals surface area contributed by atoms with Crippen molar-refractivity contribution in [2.45, 2.75) is 31.4 Å². The first-order chi connectivity index (χ1) is 9.95. The molecular formula is C13H16FN3O4. The van der Waals surface area contributed by atoms with Gasteiger partial charge in [-0.05, 0) is 25.3 Å². The monoisotopic (exact) mass is 297 g/mol. The Bertz CT molecular complexity index is 579. The Balaban J connectivity index is 2.27. The lowest BCUT2D eigenvalue weighted by atomic mass is 10.1. The highest BCUT2D eigenvalue weighted by molar-refractivity contribution is 6.01. The van der Waals surface area contributed by atoms with Crippen LogP contribution in [0.5, 0.6) is 0 Å². The summed E-state index contributed by atoms with van der Waals surface area (Å²) < 4.78 is 19.0. The van der Waals surface area contributed by atoms with Crippen molar-refractivity contribution in [1.82, 2.24) is 5.32 Å². The van der Waals surface area contributed by atoms with Crippen molar-refractivity contribution in [3.05, 3.63) is 33.6 Å². The molecule has 0 aliphatic heterocycles. The van der Waals surface area contributed by atoms with Crippen molar-refractivity contribution in [2.75, 3.05) is 12.8 Å². The van der Waals surface area contributed by atoms with Crippen LogP contribution >= 0.6 is 0 Å². The number of rotatable bonds is 4. The third-order valence-corrected chi connectivity index (χ3v) is 3.67. The fourth-order valence-corrected chi connectivity index (χ4v) is 2.59. The van der Waals surface area contributed by atoms with E-state index in [0.29, 0.717) is 6.42 Å². The van der Waals surface area contributed by atoms with E-state index in [9.17, 15) is 19.3 Å². The van der Waals surface area contributed by atoms with Gasteiger partial charge >= 0.3 is 0 Å². The molecule has 7 nitrogen and oxygen atoms in total. The highest BCUT2D eigenvalue weighted by atomic mass is 19.1. The topological polar surface area (TPSA) is 107 Å². The van der Waals surface area contributed by atoms with Crippen LogP contribution in [0.3, 0.4) is 0 Å². The molecule has 2 unspecified atom stereocenters.